The fourth-order valence-corrected chi connectivity index (χ4v) is 5.66. The number of hydrogen-bond acceptors (Lipinski definition) is 6. The highest BCUT2D eigenvalue weighted by molar-refractivity contribution is 6.05. The van der Waals surface area contributed by atoms with E-state index >= 15 is 4.39 Å². The number of nitrogens with zero attached hydrogens (tertiary/aromatic N) is 5. The van der Waals surface area contributed by atoms with Gasteiger partial charge in [0.15, 0.2) is 11.5 Å². The highest BCUT2D eigenvalue weighted by Crippen LogP contribution is 2.31. The minimum absolute atomic E-state index is 0.0456. The molecule has 0 spiro atoms. The zero-order chi connectivity index (χ0) is 31.8. The number of aryl methyl sites for hydroxylation is 2. The third-order valence-electron chi connectivity index (χ3n) is 7.95. The number of fused-ring (bicyclic) bond motifs is 1. The summed E-state index contributed by atoms with van der Waals surface area (Å²) in [7, 11) is 0. The SMILES string of the molecule is Cc1ncc(-c2ccc3c(c2)c(C(N)=O)nn3CC(=O)N2C[C@H](F)C[C@H]2C(=O)Nc2cccc(-c3ccccc3C)c2F)cn1. The maximum atomic E-state index is 15.6. The lowest BCUT2D eigenvalue weighted by Crippen LogP contribution is -2.44. The van der Waals surface area contributed by atoms with E-state index in [4.69, 9.17) is 5.73 Å². The average molecular weight is 610 g/mol. The molecule has 0 saturated carbocycles. The van der Waals surface area contributed by atoms with E-state index in [1.54, 1.807) is 61.8 Å². The number of aromatic nitrogens is 4. The summed E-state index contributed by atoms with van der Waals surface area (Å²) >= 11 is 0. The molecule has 228 valence electrons. The predicted octanol–water partition coefficient (Wildman–Crippen LogP) is 4.59. The van der Waals surface area contributed by atoms with Crippen LogP contribution in [0.2, 0.25) is 0 Å². The van der Waals surface area contributed by atoms with Crippen LogP contribution in [0.4, 0.5) is 14.5 Å². The molecule has 45 heavy (non-hydrogen) atoms. The van der Waals surface area contributed by atoms with Gasteiger partial charge in [-0.15, -0.1) is 0 Å². The van der Waals surface area contributed by atoms with Crippen LogP contribution in [0.1, 0.15) is 28.3 Å². The molecule has 1 fully saturated rings. The van der Waals surface area contributed by atoms with Gasteiger partial charge in [-0.25, -0.2) is 18.7 Å². The summed E-state index contributed by atoms with van der Waals surface area (Å²) < 4.78 is 31.5. The summed E-state index contributed by atoms with van der Waals surface area (Å²) in [5.74, 6) is -2.13. The lowest BCUT2D eigenvalue weighted by atomic mass is 9.99. The first-order valence-corrected chi connectivity index (χ1v) is 14.3. The Morgan fingerprint density at radius 1 is 0.978 bits per heavy atom. The molecule has 3 aromatic carbocycles. The number of likely N-dealkylation sites (tertiary alicyclic amines) is 1. The topological polar surface area (TPSA) is 136 Å². The zero-order valence-electron chi connectivity index (χ0n) is 24.5. The molecule has 1 saturated heterocycles. The number of primary amides is 1. The van der Waals surface area contributed by atoms with Crippen LogP contribution < -0.4 is 11.1 Å². The van der Waals surface area contributed by atoms with Gasteiger partial charge in [-0.2, -0.15) is 5.10 Å². The number of hydrogen-bond donors (Lipinski definition) is 2. The molecule has 0 unspecified atom stereocenters. The molecule has 3 heterocycles. The van der Waals surface area contributed by atoms with E-state index in [1.165, 1.54) is 10.7 Å². The van der Waals surface area contributed by atoms with Crippen LogP contribution in [-0.2, 0) is 16.1 Å². The van der Waals surface area contributed by atoms with Crippen molar-refractivity contribution in [2.75, 3.05) is 11.9 Å². The number of amides is 3. The molecule has 1 aliphatic rings. The number of nitrogens with one attached hydrogen (secondary N) is 1. The fourth-order valence-electron chi connectivity index (χ4n) is 5.66. The first-order valence-electron chi connectivity index (χ1n) is 14.3. The Hall–Kier alpha value is -5.52. The van der Waals surface area contributed by atoms with Crippen LogP contribution in [-0.4, -0.2) is 61.1 Å². The molecule has 2 aromatic heterocycles. The molecule has 10 nitrogen and oxygen atoms in total. The highest BCUT2D eigenvalue weighted by Gasteiger charge is 2.40. The Labute approximate surface area is 256 Å². The van der Waals surface area contributed by atoms with Crippen molar-refractivity contribution < 1.29 is 23.2 Å². The smallest absolute Gasteiger partial charge is 0.269 e. The second-order valence-corrected chi connectivity index (χ2v) is 11.0. The summed E-state index contributed by atoms with van der Waals surface area (Å²) in [6, 6.07) is 15.9. The number of nitrogens with two attached hydrogens (primary N) is 1. The van der Waals surface area contributed by atoms with Crippen LogP contribution >= 0.6 is 0 Å². The normalized spacial score (nSPS) is 16.2. The quantitative estimate of drug-likeness (QED) is 0.277. The average Bonchev–Trinajstić information content (AvgIpc) is 3.59. The van der Waals surface area contributed by atoms with E-state index in [0.717, 1.165) is 10.5 Å². The summed E-state index contributed by atoms with van der Waals surface area (Å²) in [5.41, 5.74) is 9.20. The Balaban J connectivity index is 1.25. The maximum absolute atomic E-state index is 15.6. The summed E-state index contributed by atoms with van der Waals surface area (Å²) in [4.78, 5) is 48.7. The van der Waals surface area contributed by atoms with Gasteiger partial charge < -0.3 is 16.0 Å². The molecule has 1 aliphatic heterocycles. The van der Waals surface area contributed by atoms with Gasteiger partial charge in [0.1, 0.15) is 24.6 Å². The van der Waals surface area contributed by atoms with Gasteiger partial charge in [0.2, 0.25) is 11.8 Å². The lowest BCUT2D eigenvalue weighted by Gasteiger charge is -2.24. The Bertz CT molecular complexity index is 1960. The zero-order valence-corrected chi connectivity index (χ0v) is 24.5. The Kier molecular flexibility index (Phi) is 7.79. The van der Waals surface area contributed by atoms with E-state index in [0.29, 0.717) is 39.0 Å². The summed E-state index contributed by atoms with van der Waals surface area (Å²) in [5, 5.41) is 7.25. The first-order chi connectivity index (χ1) is 21.6. The number of alkyl halides is 1. The van der Waals surface area contributed by atoms with E-state index in [1.807, 2.05) is 19.1 Å². The van der Waals surface area contributed by atoms with Gasteiger partial charge >= 0.3 is 0 Å². The van der Waals surface area contributed by atoms with Crippen molar-refractivity contribution in [2.24, 2.45) is 5.73 Å². The van der Waals surface area contributed by atoms with Gasteiger partial charge in [0.25, 0.3) is 5.91 Å². The molecule has 2 atom stereocenters. The third kappa shape index (κ3) is 5.74. The highest BCUT2D eigenvalue weighted by atomic mass is 19.1. The first kappa shape index (κ1) is 29.5. The number of halogens is 2. The van der Waals surface area contributed by atoms with E-state index in [9.17, 15) is 18.8 Å². The van der Waals surface area contributed by atoms with Crippen molar-refractivity contribution in [2.45, 2.75) is 39.0 Å². The maximum Gasteiger partial charge on any atom is 0.269 e. The predicted molar refractivity (Wildman–Crippen MR) is 164 cm³/mol. The number of carbonyl (C=O) groups is 3. The standard InChI is InChI=1S/C33H29F2N7O3/c1-18-6-3-4-7-23(18)24-8-5-9-26(30(24)35)39-33(45)28-13-22(34)16-41(28)29(43)17-42-27-11-10-20(21-14-37-19(2)38-15-21)12-25(27)31(40-42)32(36)44/h3-12,14-15,22,28H,13,16-17H2,1-2H3,(H2,36,44)(H,39,45)/t22-,28+/m1/s1. The summed E-state index contributed by atoms with van der Waals surface area (Å²) in [6.07, 6.45) is 1.60. The molecule has 3 amide bonds. The van der Waals surface area contributed by atoms with Crippen molar-refractivity contribution in [1.29, 1.82) is 0 Å². The Morgan fingerprint density at radius 3 is 2.44 bits per heavy atom. The van der Waals surface area contributed by atoms with Crippen LogP contribution in [0.3, 0.4) is 0 Å². The minimum Gasteiger partial charge on any atom is -0.364 e. The van der Waals surface area contributed by atoms with Crippen molar-refractivity contribution in [3.8, 4) is 22.3 Å². The number of carbonyl (C=O) groups excluding carboxylic acids is 3. The number of anilines is 1. The largest absolute Gasteiger partial charge is 0.364 e. The van der Waals surface area contributed by atoms with Crippen molar-refractivity contribution in [3.63, 3.8) is 0 Å². The van der Waals surface area contributed by atoms with Gasteiger partial charge in [-0.1, -0.05) is 42.5 Å². The third-order valence-corrected chi connectivity index (χ3v) is 7.95. The Morgan fingerprint density at radius 2 is 1.71 bits per heavy atom. The number of benzene rings is 3. The number of rotatable bonds is 7. The monoisotopic (exact) mass is 609 g/mol. The van der Waals surface area contributed by atoms with Crippen molar-refractivity contribution in [3.05, 3.63) is 96.0 Å². The summed E-state index contributed by atoms with van der Waals surface area (Å²) in [6.45, 7) is 2.92. The second kappa shape index (κ2) is 11.9. The van der Waals surface area contributed by atoms with Crippen LogP contribution in [0.5, 0.6) is 0 Å². The molecule has 5 aromatic rings. The minimum atomic E-state index is -1.46. The fraction of sp³-hybridized carbons (Fsp3) is 0.212. The molecular weight excluding hydrogens is 580 g/mol. The van der Waals surface area contributed by atoms with E-state index < -0.39 is 35.8 Å². The van der Waals surface area contributed by atoms with E-state index in [-0.39, 0.29) is 30.9 Å². The van der Waals surface area contributed by atoms with Crippen LogP contribution in [0.25, 0.3) is 33.2 Å². The molecule has 0 radical (unpaired) electrons. The molecule has 12 heteroatoms. The van der Waals surface area contributed by atoms with E-state index in [2.05, 4.69) is 20.4 Å². The van der Waals surface area contributed by atoms with Gasteiger partial charge in [-0.05, 0) is 48.7 Å². The van der Waals surface area contributed by atoms with Crippen LogP contribution in [0.15, 0.2) is 73.1 Å². The van der Waals surface area contributed by atoms with Crippen molar-refractivity contribution >= 4 is 34.3 Å². The van der Waals surface area contributed by atoms with Crippen molar-refractivity contribution in [1.82, 2.24) is 24.6 Å². The van der Waals surface area contributed by atoms with Gasteiger partial charge in [-0.3, -0.25) is 19.1 Å². The second-order valence-electron chi connectivity index (χ2n) is 11.0. The molecule has 3 N–H and O–H groups in total. The molecular formula is C33H29F2N7O3. The molecule has 0 bridgehead atoms. The lowest BCUT2D eigenvalue weighted by molar-refractivity contribution is -0.137. The van der Waals surface area contributed by atoms with Gasteiger partial charge in [0.05, 0.1) is 17.7 Å². The van der Waals surface area contributed by atoms with Crippen LogP contribution in [0, 0.1) is 19.7 Å². The molecule has 0 aliphatic carbocycles. The molecule has 6 rings (SSSR count). The van der Waals surface area contributed by atoms with Gasteiger partial charge in [0, 0.05) is 35.3 Å².